The van der Waals surface area contributed by atoms with Crippen LogP contribution in [0, 0.1) is 6.92 Å². The number of carbonyl (C=O) groups excluding carboxylic acids is 1. The van der Waals surface area contributed by atoms with Gasteiger partial charge in [-0.3, -0.25) is 4.79 Å². The number of allylic oxidation sites excluding steroid dienone is 1. The molecule has 1 saturated carbocycles. The Morgan fingerprint density at radius 3 is 2.45 bits per heavy atom. The maximum absolute atomic E-state index is 12.6. The molecule has 1 aliphatic rings. The molecule has 6 heteroatoms. The number of ether oxygens (including phenoxy) is 3. The van der Waals surface area contributed by atoms with Crippen LogP contribution in [-0.4, -0.2) is 33.3 Å². The molecule has 3 aromatic rings. The summed E-state index contributed by atoms with van der Waals surface area (Å²) in [6.07, 6.45) is 7.87. The number of fused-ring (bicyclic) bond motifs is 1. The third kappa shape index (κ3) is 4.42. The van der Waals surface area contributed by atoms with E-state index in [4.69, 9.17) is 18.6 Å². The lowest BCUT2D eigenvalue weighted by Gasteiger charge is -2.14. The summed E-state index contributed by atoms with van der Waals surface area (Å²) in [7, 11) is 4.87. The molecule has 0 aliphatic heterocycles. The Bertz CT molecular complexity index is 1200. The van der Waals surface area contributed by atoms with Crippen LogP contribution in [-0.2, 0) is 4.79 Å². The van der Waals surface area contributed by atoms with Crippen molar-refractivity contribution in [2.45, 2.75) is 45.6 Å². The summed E-state index contributed by atoms with van der Waals surface area (Å²) in [4.78, 5) is 12.6. The first-order chi connectivity index (χ1) is 16.0. The summed E-state index contributed by atoms with van der Waals surface area (Å²) in [6, 6.07) is 8.09. The number of aryl methyl sites for hydroxylation is 1. The van der Waals surface area contributed by atoms with Crippen LogP contribution in [0.4, 0.5) is 0 Å². The Labute approximate surface area is 194 Å². The minimum atomic E-state index is -0.0634. The van der Waals surface area contributed by atoms with E-state index in [0.29, 0.717) is 17.2 Å². The zero-order valence-electron chi connectivity index (χ0n) is 19.9. The molecule has 1 heterocycles. The molecule has 0 spiro atoms. The molecule has 1 fully saturated rings. The maximum Gasteiger partial charge on any atom is 0.244 e. The summed E-state index contributed by atoms with van der Waals surface area (Å²) in [5.41, 5.74) is 5.23. The molecule has 4 rings (SSSR count). The number of benzene rings is 2. The summed E-state index contributed by atoms with van der Waals surface area (Å²) in [5.74, 6) is 1.96. The zero-order valence-corrected chi connectivity index (χ0v) is 19.9. The molecule has 0 bridgehead atoms. The van der Waals surface area contributed by atoms with E-state index >= 15 is 0 Å². The van der Waals surface area contributed by atoms with Gasteiger partial charge in [0, 0.05) is 34.2 Å². The zero-order chi connectivity index (χ0) is 23.5. The molecular weight excluding hydrogens is 418 g/mol. The van der Waals surface area contributed by atoms with Gasteiger partial charge in [0.05, 0.1) is 27.6 Å². The monoisotopic (exact) mass is 449 g/mol. The predicted octanol–water partition coefficient (Wildman–Crippen LogP) is 5.90. The lowest BCUT2D eigenvalue weighted by Crippen LogP contribution is -2.31. The Balaban J connectivity index is 1.77. The van der Waals surface area contributed by atoms with Crippen molar-refractivity contribution in [2.24, 2.45) is 0 Å². The van der Waals surface area contributed by atoms with Crippen molar-refractivity contribution in [1.29, 1.82) is 0 Å². The highest BCUT2D eigenvalue weighted by Gasteiger charge is 2.20. The van der Waals surface area contributed by atoms with Crippen molar-refractivity contribution in [3.05, 3.63) is 47.7 Å². The fourth-order valence-corrected chi connectivity index (χ4v) is 4.69. The van der Waals surface area contributed by atoms with E-state index in [1.807, 2.05) is 38.1 Å². The van der Waals surface area contributed by atoms with Crippen molar-refractivity contribution in [3.8, 4) is 28.4 Å². The van der Waals surface area contributed by atoms with E-state index in [-0.39, 0.29) is 11.9 Å². The van der Waals surface area contributed by atoms with Crippen molar-refractivity contribution in [1.82, 2.24) is 5.32 Å². The van der Waals surface area contributed by atoms with E-state index in [1.165, 1.54) is 12.8 Å². The van der Waals surface area contributed by atoms with Gasteiger partial charge < -0.3 is 23.9 Å². The maximum atomic E-state index is 12.6. The quantitative estimate of drug-likeness (QED) is 0.455. The van der Waals surface area contributed by atoms with Crippen LogP contribution in [0.1, 0.15) is 43.7 Å². The number of methoxy groups -OCH3 is 3. The predicted molar refractivity (Wildman–Crippen MR) is 130 cm³/mol. The number of nitrogens with one attached hydrogen (secondary N) is 1. The summed E-state index contributed by atoms with van der Waals surface area (Å²) in [5, 5.41) is 4.07. The topological polar surface area (TPSA) is 69.9 Å². The Kier molecular flexibility index (Phi) is 6.63. The molecule has 0 radical (unpaired) electrons. The molecule has 0 unspecified atom stereocenters. The lowest BCUT2D eigenvalue weighted by atomic mass is 9.96. The van der Waals surface area contributed by atoms with E-state index in [9.17, 15) is 4.79 Å². The van der Waals surface area contributed by atoms with Gasteiger partial charge in [-0.15, -0.1) is 0 Å². The molecule has 0 saturated heterocycles. The molecule has 6 nitrogen and oxygen atoms in total. The highest BCUT2D eigenvalue weighted by molar-refractivity contribution is 6.02. The number of amides is 1. The Morgan fingerprint density at radius 2 is 1.79 bits per heavy atom. The summed E-state index contributed by atoms with van der Waals surface area (Å²) >= 11 is 0. The molecule has 0 atom stereocenters. The van der Waals surface area contributed by atoms with E-state index in [1.54, 1.807) is 33.7 Å². The van der Waals surface area contributed by atoms with E-state index in [2.05, 4.69) is 5.32 Å². The van der Waals surface area contributed by atoms with Crippen molar-refractivity contribution in [2.75, 3.05) is 21.3 Å². The number of hydrogen-bond acceptors (Lipinski definition) is 5. The van der Waals surface area contributed by atoms with Gasteiger partial charge in [0.25, 0.3) is 0 Å². The van der Waals surface area contributed by atoms with Crippen LogP contribution in [0.5, 0.6) is 17.2 Å². The van der Waals surface area contributed by atoms with Gasteiger partial charge in [-0.1, -0.05) is 18.9 Å². The molecule has 2 aromatic carbocycles. The SMILES string of the molecule is COc1ccc(-c2coc3c(C)c(OC)c(/C(C)=C/C(=O)NC4CCCC4)cc23)cc1OC. The van der Waals surface area contributed by atoms with Gasteiger partial charge in [-0.2, -0.15) is 0 Å². The van der Waals surface area contributed by atoms with Gasteiger partial charge in [-0.05, 0) is 56.0 Å². The first kappa shape index (κ1) is 22.8. The molecular formula is C27H31NO5. The van der Waals surface area contributed by atoms with Crippen LogP contribution in [0.15, 0.2) is 41.0 Å². The molecule has 33 heavy (non-hydrogen) atoms. The number of carbonyl (C=O) groups is 1. The van der Waals surface area contributed by atoms with Gasteiger partial charge >= 0.3 is 0 Å². The van der Waals surface area contributed by atoms with Crippen LogP contribution in [0.3, 0.4) is 0 Å². The third-order valence-corrected chi connectivity index (χ3v) is 6.42. The van der Waals surface area contributed by atoms with E-state index < -0.39 is 0 Å². The molecule has 174 valence electrons. The smallest absolute Gasteiger partial charge is 0.244 e. The van der Waals surface area contributed by atoms with Gasteiger partial charge in [0.1, 0.15) is 11.3 Å². The first-order valence-corrected chi connectivity index (χ1v) is 11.3. The molecule has 1 N–H and O–H groups in total. The van der Waals surface area contributed by atoms with Crippen molar-refractivity contribution in [3.63, 3.8) is 0 Å². The summed E-state index contributed by atoms with van der Waals surface area (Å²) < 4.78 is 22.5. The number of furan rings is 1. The third-order valence-electron chi connectivity index (χ3n) is 6.42. The standard InChI is InChI=1S/C27H31NO5/c1-16(12-25(29)28-19-8-6-7-9-19)20-14-21-22(15-33-27(21)17(2)26(20)32-5)18-10-11-23(30-3)24(13-18)31-4/h10-15,19H,6-9H2,1-5H3,(H,28,29)/b16-12+. The second-order valence-electron chi connectivity index (χ2n) is 8.50. The van der Waals surface area contributed by atoms with Crippen LogP contribution in [0.25, 0.3) is 27.7 Å². The average Bonchev–Trinajstić information content (AvgIpc) is 3.48. The second-order valence-corrected chi connectivity index (χ2v) is 8.50. The average molecular weight is 450 g/mol. The minimum Gasteiger partial charge on any atom is -0.496 e. The first-order valence-electron chi connectivity index (χ1n) is 11.3. The highest BCUT2D eigenvalue weighted by Crippen LogP contribution is 2.42. The normalized spacial score (nSPS) is 14.5. The summed E-state index contributed by atoms with van der Waals surface area (Å²) in [6.45, 7) is 3.91. The number of hydrogen-bond donors (Lipinski definition) is 1. The van der Waals surface area contributed by atoms with Crippen molar-refractivity contribution >= 4 is 22.4 Å². The van der Waals surface area contributed by atoms with E-state index in [0.717, 1.165) is 51.6 Å². The number of rotatable bonds is 7. The largest absolute Gasteiger partial charge is 0.496 e. The molecule has 1 amide bonds. The minimum absolute atomic E-state index is 0.0634. The van der Waals surface area contributed by atoms with Gasteiger partial charge in [0.2, 0.25) is 5.91 Å². The fraction of sp³-hybridized carbons (Fsp3) is 0.370. The second kappa shape index (κ2) is 9.61. The van der Waals surface area contributed by atoms with Crippen molar-refractivity contribution < 1.29 is 23.4 Å². The van der Waals surface area contributed by atoms with Gasteiger partial charge in [-0.25, -0.2) is 0 Å². The Hall–Kier alpha value is -3.41. The van der Waals surface area contributed by atoms with Crippen LogP contribution >= 0.6 is 0 Å². The van der Waals surface area contributed by atoms with Gasteiger partial charge in [0.15, 0.2) is 11.5 Å². The fourth-order valence-electron chi connectivity index (χ4n) is 4.69. The molecule has 1 aliphatic carbocycles. The highest BCUT2D eigenvalue weighted by atomic mass is 16.5. The van der Waals surface area contributed by atoms with Crippen LogP contribution < -0.4 is 19.5 Å². The van der Waals surface area contributed by atoms with Crippen LogP contribution in [0.2, 0.25) is 0 Å². The molecule has 1 aromatic heterocycles. The Morgan fingerprint density at radius 1 is 1.06 bits per heavy atom. The lowest BCUT2D eigenvalue weighted by molar-refractivity contribution is -0.117.